The molecule has 9 nitrogen and oxygen atoms in total. The van der Waals surface area contributed by atoms with Crippen LogP contribution in [0.25, 0.3) is 16.9 Å². The van der Waals surface area contributed by atoms with Crippen molar-refractivity contribution in [2.24, 2.45) is 0 Å². The molecule has 0 N–H and O–H groups in total. The van der Waals surface area contributed by atoms with Gasteiger partial charge in [-0.1, -0.05) is 23.9 Å². The number of carbonyl (C=O) groups is 1. The van der Waals surface area contributed by atoms with Gasteiger partial charge in [0.1, 0.15) is 0 Å². The molecule has 0 saturated heterocycles. The molecule has 2 heterocycles. The van der Waals surface area contributed by atoms with Gasteiger partial charge in [-0.25, -0.2) is 0 Å². The molecule has 3 rings (SSSR count). The summed E-state index contributed by atoms with van der Waals surface area (Å²) in [5.41, 5.74) is 1.71. The third-order valence-electron chi connectivity index (χ3n) is 4.31. The first kappa shape index (κ1) is 20.7. The number of amides is 1. The van der Waals surface area contributed by atoms with E-state index >= 15 is 0 Å². The standard InChI is InChI=1S/C19H22N6O3S/c1-12(2)23(13(3)4)18(26)11-29-19-21-20-17-9-8-16(22-24(17)19)14-6-5-7-15(10-14)25(27)28/h5-10,12-13H,11H2,1-4H3. The molecule has 0 radical (unpaired) electrons. The van der Waals surface area contributed by atoms with Crippen LogP contribution in [-0.2, 0) is 4.79 Å². The lowest BCUT2D eigenvalue weighted by Gasteiger charge is -2.30. The average molecular weight is 414 g/mol. The molecule has 2 aromatic heterocycles. The largest absolute Gasteiger partial charge is 0.337 e. The van der Waals surface area contributed by atoms with Crippen LogP contribution >= 0.6 is 11.8 Å². The molecule has 1 aromatic carbocycles. The molecule has 0 aliphatic carbocycles. The molecule has 10 heteroatoms. The van der Waals surface area contributed by atoms with E-state index in [1.165, 1.54) is 23.9 Å². The summed E-state index contributed by atoms with van der Waals surface area (Å²) in [5, 5.41) is 24.3. The summed E-state index contributed by atoms with van der Waals surface area (Å²) in [6, 6.07) is 9.98. The number of thioether (sulfide) groups is 1. The van der Waals surface area contributed by atoms with Crippen molar-refractivity contribution in [2.75, 3.05) is 5.75 Å². The quantitative estimate of drug-likeness (QED) is 0.331. The highest BCUT2D eigenvalue weighted by atomic mass is 32.2. The van der Waals surface area contributed by atoms with E-state index < -0.39 is 4.92 Å². The van der Waals surface area contributed by atoms with Crippen LogP contribution in [0, 0.1) is 10.1 Å². The van der Waals surface area contributed by atoms with E-state index in [1.54, 1.807) is 28.8 Å². The minimum absolute atomic E-state index is 0.00388. The average Bonchev–Trinajstić information content (AvgIpc) is 3.08. The second-order valence-electron chi connectivity index (χ2n) is 7.06. The van der Waals surface area contributed by atoms with Gasteiger partial charge in [0.2, 0.25) is 11.1 Å². The highest BCUT2D eigenvalue weighted by Crippen LogP contribution is 2.24. The third-order valence-corrected chi connectivity index (χ3v) is 5.22. The second kappa shape index (κ2) is 8.56. The number of nitrogens with zero attached hydrogens (tertiary/aromatic N) is 6. The molecule has 29 heavy (non-hydrogen) atoms. The summed E-state index contributed by atoms with van der Waals surface area (Å²) in [6.45, 7) is 7.95. The first-order valence-electron chi connectivity index (χ1n) is 9.19. The van der Waals surface area contributed by atoms with Crippen molar-refractivity contribution >= 4 is 29.0 Å². The fourth-order valence-electron chi connectivity index (χ4n) is 3.17. The van der Waals surface area contributed by atoms with Crippen LogP contribution in [0.15, 0.2) is 41.6 Å². The smallest absolute Gasteiger partial charge is 0.270 e. The van der Waals surface area contributed by atoms with Crippen LogP contribution in [0.4, 0.5) is 5.69 Å². The van der Waals surface area contributed by atoms with Crippen LogP contribution in [0.1, 0.15) is 27.7 Å². The Morgan fingerprint density at radius 3 is 2.55 bits per heavy atom. The Kier molecular flexibility index (Phi) is 6.12. The highest BCUT2D eigenvalue weighted by Gasteiger charge is 2.21. The van der Waals surface area contributed by atoms with Crippen LogP contribution in [0.2, 0.25) is 0 Å². The van der Waals surface area contributed by atoms with Gasteiger partial charge in [0.05, 0.1) is 16.4 Å². The molecular weight excluding hydrogens is 392 g/mol. The summed E-state index contributed by atoms with van der Waals surface area (Å²) >= 11 is 1.27. The van der Waals surface area contributed by atoms with Gasteiger partial charge in [0, 0.05) is 29.8 Å². The summed E-state index contributed by atoms with van der Waals surface area (Å²) in [7, 11) is 0. The maximum absolute atomic E-state index is 12.6. The molecule has 0 atom stereocenters. The molecule has 0 bridgehead atoms. The third kappa shape index (κ3) is 4.53. The van der Waals surface area contributed by atoms with E-state index in [9.17, 15) is 14.9 Å². The van der Waals surface area contributed by atoms with E-state index in [1.807, 2.05) is 32.6 Å². The Balaban J connectivity index is 1.85. The second-order valence-corrected chi connectivity index (χ2v) is 8.00. The Labute approximate surface area is 172 Å². The van der Waals surface area contributed by atoms with Crippen molar-refractivity contribution in [1.82, 2.24) is 24.7 Å². The fourth-order valence-corrected chi connectivity index (χ4v) is 3.92. The zero-order valence-electron chi connectivity index (χ0n) is 16.6. The molecule has 0 aliphatic rings. The molecular formula is C19H22N6O3S. The van der Waals surface area contributed by atoms with E-state index in [2.05, 4.69) is 15.3 Å². The summed E-state index contributed by atoms with van der Waals surface area (Å²) in [6.07, 6.45) is 0. The summed E-state index contributed by atoms with van der Waals surface area (Å²) < 4.78 is 1.56. The lowest BCUT2D eigenvalue weighted by molar-refractivity contribution is -0.384. The normalized spacial score (nSPS) is 11.4. The number of benzene rings is 1. The molecule has 1 amide bonds. The van der Waals surface area contributed by atoms with Gasteiger partial charge in [0.15, 0.2) is 5.65 Å². The predicted octanol–water partition coefficient (Wildman–Crippen LogP) is 3.44. The van der Waals surface area contributed by atoms with Gasteiger partial charge in [-0.3, -0.25) is 14.9 Å². The van der Waals surface area contributed by atoms with Gasteiger partial charge in [-0.05, 0) is 39.8 Å². The number of hydrogen-bond donors (Lipinski definition) is 0. The lowest BCUT2D eigenvalue weighted by Crippen LogP contribution is -2.43. The van der Waals surface area contributed by atoms with Crippen molar-refractivity contribution in [3.05, 3.63) is 46.5 Å². The molecule has 0 aliphatic heterocycles. The topological polar surface area (TPSA) is 107 Å². The first-order valence-corrected chi connectivity index (χ1v) is 10.2. The van der Waals surface area contributed by atoms with Crippen molar-refractivity contribution in [3.8, 4) is 11.3 Å². The maximum atomic E-state index is 12.6. The zero-order chi connectivity index (χ0) is 21.1. The number of nitro benzene ring substituents is 1. The molecule has 0 unspecified atom stereocenters. The van der Waals surface area contributed by atoms with E-state index in [0.717, 1.165) is 0 Å². The Morgan fingerprint density at radius 1 is 1.17 bits per heavy atom. The van der Waals surface area contributed by atoms with Gasteiger partial charge in [-0.2, -0.15) is 9.61 Å². The summed E-state index contributed by atoms with van der Waals surface area (Å²) in [4.78, 5) is 25.0. The highest BCUT2D eigenvalue weighted by molar-refractivity contribution is 7.99. The van der Waals surface area contributed by atoms with Crippen molar-refractivity contribution in [2.45, 2.75) is 44.9 Å². The predicted molar refractivity (Wildman–Crippen MR) is 111 cm³/mol. The van der Waals surface area contributed by atoms with E-state index in [0.29, 0.717) is 22.1 Å². The minimum Gasteiger partial charge on any atom is -0.337 e. The van der Waals surface area contributed by atoms with Crippen molar-refractivity contribution in [1.29, 1.82) is 0 Å². The molecule has 3 aromatic rings. The molecule has 152 valence electrons. The fraction of sp³-hybridized carbons (Fsp3) is 0.368. The number of nitro groups is 1. The monoisotopic (exact) mass is 414 g/mol. The SMILES string of the molecule is CC(C)N(C(=O)CSc1nnc2ccc(-c3cccc([N+](=O)[O-])c3)nn12)C(C)C. The van der Waals surface area contributed by atoms with Crippen LogP contribution in [0.5, 0.6) is 0 Å². The van der Waals surface area contributed by atoms with Crippen LogP contribution < -0.4 is 0 Å². The number of fused-ring (bicyclic) bond motifs is 1. The maximum Gasteiger partial charge on any atom is 0.270 e. The Morgan fingerprint density at radius 2 is 1.90 bits per heavy atom. The van der Waals surface area contributed by atoms with E-state index in [4.69, 9.17) is 0 Å². The zero-order valence-corrected chi connectivity index (χ0v) is 17.5. The number of aromatic nitrogens is 4. The first-order chi connectivity index (χ1) is 13.8. The molecule has 0 fully saturated rings. The van der Waals surface area contributed by atoms with Crippen LogP contribution in [-0.4, -0.2) is 53.4 Å². The number of rotatable bonds is 7. The minimum atomic E-state index is -0.442. The van der Waals surface area contributed by atoms with Crippen molar-refractivity contribution in [3.63, 3.8) is 0 Å². The molecule has 0 saturated carbocycles. The lowest BCUT2D eigenvalue weighted by atomic mass is 10.1. The number of hydrogen-bond acceptors (Lipinski definition) is 7. The van der Waals surface area contributed by atoms with Gasteiger partial charge in [-0.15, -0.1) is 10.2 Å². The van der Waals surface area contributed by atoms with Gasteiger partial charge < -0.3 is 4.90 Å². The van der Waals surface area contributed by atoms with Crippen molar-refractivity contribution < 1.29 is 9.72 Å². The Hall–Kier alpha value is -3.01. The van der Waals surface area contributed by atoms with Crippen LogP contribution in [0.3, 0.4) is 0 Å². The Bertz CT molecular complexity index is 1040. The summed E-state index contributed by atoms with van der Waals surface area (Å²) in [5.74, 6) is 0.242. The van der Waals surface area contributed by atoms with Gasteiger partial charge in [0.25, 0.3) is 5.69 Å². The molecule has 0 spiro atoms. The van der Waals surface area contributed by atoms with E-state index in [-0.39, 0.29) is 29.4 Å². The number of carbonyl (C=O) groups excluding carboxylic acids is 1. The number of non-ortho nitro benzene ring substituents is 1. The van der Waals surface area contributed by atoms with Gasteiger partial charge >= 0.3 is 0 Å².